The zero-order valence-corrected chi connectivity index (χ0v) is 13.0. The lowest BCUT2D eigenvalue weighted by atomic mass is 10.2. The van der Waals surface area contributed by atoms with Crippen molar-refractivity contribution in [1.82, 2.24) is 9.55 Å². The van der Waals surface area contributed by atoms with Crippen molar-refractivity contribution in [2.24, 2.45) is 0 Å². The molecular weight excluding hydrogens is 308 g/mol. The third-order valence-electron chi connectivity index (χ3n) is 3.40. The van der Waals surface area contributed by atoms with Crippen LogP contribution in [-0.2, 0) is 23.8 Å². The molecule has 0 aromatic carbocycles. The van der Waals surface area contributed by atoms with Crippen molar-refractivity contribution in [3.63, 3.8) is 0 Å². The molecule has 9 nitrogen and oxygen atoms in total. The number of carbonyl (C=O) groups excluding carboxylic acids is 2. The number of hydrogen-bond acceptors (Lipinski definition) is 7. The lowest BCUT2D eigenvalue weighted by Crippen LogP contribution is -2.33. The molecule has 1 aromatic heterocycles. The number of nitrogens with one attached hydrogen (secondary N) is 1. The minimum absolute atomic E-state index is 0.0964. The van der Waals surface area contributed by atoms with Crippen molar-refractivity contribution >= 4 is 11.9 Å². The Labute approximate surface area is 131 Å². The Kier molecular flexibility index (Phi) is 4.99. The number of esters is 2. The van der Waals surface area contributed by atoms with Crippen LogP contribution < -0.4 is 11.2 Å². The molecule has 0 bridgehead atoms. The third-order valence-corrected chi connectivity index (χ3v) is 3.40. The second kappa shape index (κ2) is 6.78. The van der Waals surface area contributed by atoms with Gasteiger partial charge in [0.05, 0.1) is 0 Å². The fraction of sp³-hybridized carbons (Fsp3) is 0.571. The number of aromatic amines is 1. The van der Waals surface area contributed by atoms with Gasteiger partial charge in [-0.05, 0) is 6.92 Å². The van der Waals surface area contributed by atoms with Gasteiger partial charge in [0.1, 0.15) is 25.0 Å². The molecule has 3 atom stereocenters. The minimum Gasteiger partial charge on any atom is -0.463 e. The Hall–Kier alpha value is -2.42. The Morgan fingerprint density at radius 1 is 1.35 bits per heavy atom. The average molecular weight is 326 g/mol. The van der Waals surface area contributed by atoms with Crippen LogP contribution in [0, 0.1) is 6.92 Å². The Morgan fingerprint density at radius 3 is 2.65 bits per heavy atom. The minimum atomic E-state index is -0.733. The SMILES string of the molecule is CC(=O)OCC1OC(n2cc(C)c(=O)[nH]c2=O)C[C@@H]1OC(C)=O. The molecule has 0 saturated carbocycles. The normalized spacial score (nSPS) is 23.5. The molecule has 2 unspecified atom stereocenters. The van der Waals surface area contributed by atoms with Crippen LogP contribution in [0.5, 0.6) is 0 Å². The molecule has 0 radical (unpaired) electrons. The summed E-state index contributed by atoms with van der Waals surface area (Å²) in [6.45, 7) is 3.97. The molecule has 1 fully saturated rings. The van der Waals surface area contributed by atoms with Crippen molar-refractivity contribution in [3.05, 3.63) is 32.6 Å². The molecule has 9 heteroatoms. The van der Waals surface area contributed by atoms with E-state index in [4.69, 9.17) is 14.2 Å². The number of carbonyl (C=O) groups is 2. The highest BCUT2D eigenvalue weighted by molar-refractivity contribution is 5.66. The van der Waals surface area contributed by atoms with Gasteiger partial charge in [0.25, 0.3) is 5.56 Å². The molecule has 1 saturated heterocycles. The standard InChI is InChI=1S/C14H18N2O7/c1-7-5-16(14(20)15-13(7)19)12-4-10(22-9(3)18)11(23-12)6-21-8(2)17/h5,10-12H,4,6H2,1-3H3,(H,15,19,20)/t10-,11?,12?/m0/s1. The fourth-order valence-corrected chi connectivity index (χ4v) is 2.36. The molecule has 0 amide bonds. The number of hydrogen-bond donors (Lipinski definition) is 1. The van der Waals surface area contributed by atoms with Gasteiger partial charge in [-0.1, -0.05) is 0 Å². The maximum atomic E-state index is 11.9. The van der Waals surface area contributed by atoms with Gasteiger partial charge in [-0.3, -0.25) is 23.9 Å². The lowest BCUT2D eigenvalue weighted by molar-refractivity contribution is -0.155. The predicted octanol–water partition coefficient (Wildman–Crippen LogP) is -0.373. The topological polar surface area (TPSA) is 117 Å². The van der Waals surface area contributed by atoms with E-state index >= 15 is 0 Å². The van der Waals surface area contributed by atoms with Gasteiger partial charge in [-0.2, -0.15) is 0 Å². The van der Waals surface area contributed by atoms with E-state index in [9.17, 15) is 19.2 Å². The summed E-state index contributed by atoms with van der Waals surface area (Å²) in [6.07, 6.45) is -0.493. The Morgan fingerprint density at radius 2 is 2.04 bits per heavy atom. The number of rotatable bonds is 4. The van der Waals surface area contributed by atoms with Gasteiger partial charge < -0.3 is 14.2 Å². The van der Waals surface area contributed by atoms with Crippen molar-refractivity contribution in [2.75, 3.05) is 6.61 Å². The van der Waals surface area contributed by atoms with Crippen LogP contribution in [0.25, 0.3) is 0 Å². The maximum Gasteiger partial charge on any atom is 0.330 e. The van der Waals surface area contributed by atoms with Gasteiger partial charge in [-0.15, -0.1) is 0 Å². The number of aryl methyl sites for hydroxylation is 1. The van der Waals surface area contributed by atoms with Gasteiger partial charge in [0, 0.05) is 32.0 Å². The van der Waals surface area contributed by atoms with E-state index < -0.39 is 41.6 Å². The van der Waals surface area contributed by atoms with Gasteiger partial charge in [0.2, 0.25) is 0 Å². The zero-order chi connectivity index (χ0) is 17.1. The van der Waals surface area contributed by atoms with E-state index in [-0.39, 0.29) is 13.0 Å². The first-order valence-electron chi connectivity index (χ1n) is 7.06. The highest BCUT2D eigenvalue weighted by Gasteiger charge is 2.39. The van der Waals surface area contributed by atoms with E-state index in [0.717, 1.165) is 0 Å². The number of aromatic nitrogens is 2. The van der Waals surface area contributed by atoms with Crippen LogP contribution in [0.2, 0.25) is 0 Å². The quantitative estimate of drug-likeness (QED) is 0.750. The maximum absolute atomic E-state index is 11.9. The van der Waals surface area contributed by atoms with Crippen LogP contribution >= 0.6 is 0 Å². The Balaban J connectivity index is 2.23. The van der Waals surface area contributed by atoms with E-state index in [1.165, 1.54) is 24.6 Å². The zero-order valence-electron chi connectivity index (χ0n) is 13.0. The van der Waals surface area contributed by atoms with Crippen molar-refractivity contribution in [3.8, 4) is 0 Å². The number of ether oxygens (including phenoxy) is 3. The molecule has 1 aliphatic rings. The van der Waals surface area contributed by atoms with E-state index in [2.05, 4.69) is 4.98 Å². The second-order valence-electron chi connectivity index (χ2n) is 5.29. The van der Waals surface area contributed by atoms with Gasteiger partial charge in [-0.25, -0.2) is 4.79 Å². The van der Waals surface area contributed by atoms with Crippen LogP contribution in [0.4, 0.5) is 0 Å². The van der Waals surface area contributed by atoms with Crippen LogP contribution in [-0.4, -0.2) is 40.3 Å². The number of nitrogens with zero attached hydrogens (tertiary/aromatic N) is 1. The predicted molar refractivity (Wildman–Crippen MR) is 76.8 cm³/mol. The van der Waals surface area contributed by atoms with Crippen LogP contribution in [0.1, 0.15) is 32.1 Å². The average Bonchev–Trinajstić information content (AvgIpc) is 2.82. The van der Waals surface area contributed by atoms with Crippen LogP contribution in [0.15, 0.2) is 15.8 Å². The summed E-state index contributed by atoms with van der Waals surface area (Å²) in [5, 5.41) is 0. The molecule has 1 aromatic rings. The summed E-state index contributed by atoms with van der Waals surface area (Å²) in [4.78, 5) is 47.6. The molecule has 1 N–H and O–H groups in total. The molecule has 23 heavy (non-hydrogen) atoms. The smallest absolute Gasteiger partial charge is 0.330 e. The fourth-order valence-electron chi connectivity index (χ4n) is 2.36. The summed E-state index contributed by atoms with van der Waals surface area (Å²) in [7, 11) is 0. The van der Waals surface area contributed by atoms with Gasteiger partial charge >= 0.3 is 17.6 Å². The van der Waals surface area contributed by atoms with Gasteiger partial charge in [0.15, 0.2) is 0 Å². The molecule has 0 aliphatic carbocycles. The van der Waals surface area contributed by atoms with E-state index in [1.54, 1.807) is 6.92 Å². The molecule has 126 valence electrons. The van der Waals surface area contributed by atoms with Crippen molar-refractivity contribution in [1.29, 1.82) is 0 Å². The molecule has 1 aliphatic heterocycles. The lowest BCUT2D eigenvalue weighted by Gasteiger charge is -2.17. The summed E-state index contributed by atoms with van der Waals surface area (Å²) in [5.41, 5.74) is -0.752. The molecular formula is C14H18N2O7. The summed E-state index contributed by atoms with van der Waals surface area (Å²) in [6, 6.07) is 0. The van der Waals surface area contributed by atoms with E-state index in [0.29, 0.717) is 5.56 Å². The summed E-state index contributed by atoms with van der Waals surface area (Å²) in [5.74, 6) is -0.993. The summed E-state index contributed by atoms with van der Waals surface area (Å²) < 4.78 is 17.0. The molecule has 2 heterocycles. The highest BCUT2D eigenvalue weighted by atomic mass is 16.6. The largest absolute Gasteiger partial charge is 0.463 e. The van der Waals surface area contributed by atoms with Crippen molar-refractivity contribution in [2.45, 2.75) is 45.6 Å². The van der Waals surface area contributed by atoms with Crippen molar-refractivity contribution < 1.29 is 23.8 Å². The highest BCUT2D eigenvalue weighted by Crippen LogP contribution is 2.30. The first-order chi connectivity index (χ1) is 10.8. The molecule has 2 rings (SSSR count). The number of H-pyrrole nitrogens is 1. The van der Waals surface area contributed by atoms with Crippen LogP contribution in [0.3, 0.4) is 0 Å². The summed E-state index contributed by atoms with van der Waals surface area (Å²) >= 11 is 0. The Bertz CT molecular complexity index is 721. The first kappa shape index (κ1) is 16.9. The van der Waals surface area contributed by atoms with E-state index in [1.807, 2.05) is 0 Å². The second-order valence-corrected chi connectivity index (χ2v) is 5.29. The first-order valence-corrected chi connectivity index (χ1v) is 7.06. The molecule has 0 spiro atoms. The third kappa shape index (κ3) is 4.07. The monoisotopic (exact) mass is 326 g/mol.